The summed E-state index contributed by atoms with van der Waals surface area (Å²) in [7, 11) is 0. The summed E-state index contributed by atoms with van der Waals surface area (Å²) in [5.74, 6) is -2.85. The van der Waals surface area contributed by atoms with Gasteiger partial charge in [-0.2, -0.15) is 0 Å². The Morgan fingerprint density at radius 2 is 1.96 bits per heavy atom. The number of benzene rings is 1. The largest absolute Gasteiger partial charge is 0.484 e. The fraction of sp³-hybridized carbons (Fsp3) is 0.375. The molecule has 0 spiro atoms. The average Bonchev–Trinajstić information content (AvgIpc) is 3.01. The highest BCUT2D eigenvalue weighted by Crippen LogP contribution is 2.32. The van der Waals surface area contributed by atoms with Gasteiger partial charge in [0, 0.05) is 6.54 Å². The van der Waals surface area contributed by atoms with Crippen molar-refractivity contribution in [3.8, 4) is 5.75 Å². The molecule has 3 amide bonds. The third-order valence-corrected chi connectivity index (χ3v) is 4.52. The number of alkyl halides is 1. The third kappa shape index (κ3) is 3.17. The monoisotopic (exact) mass is 381 g/mol. The third-order valence-electron chi connectivity index (χ3n) is 4.29. The lowest BCUT2D eigenvalue weighted by Crippen LogP contribution is -2.71. The zero-order chi connectivity index (χ0) is 18.8. The minimum atomic E-state index is -1.40. The SMILES string of the molecule is O=C(COc1ccccc1)N[C@H]1C(=O)N2C1CN(C(=O)CCl)C2C(=O)O. The summed E-state index contributed by atoms with van der Waals surface area (Å²) in [6, 6.07) is 7.21. The Balaban J connectivity index is 1.61. The molecule has 2 unspecified atom stereocenters. The van der Waals surface area contributed by atoms with Crippen LogP contribution in [0.2, 0.25) is 0 Å². The van der Waals surface area contributed by atoms with Crippen molar-refractivity contribution in [2.75, 3.05) is 19.0 Å². The maximum Gasteiger partial charge on any atom is 0.347 e. The van der Waals surface area contributed by atoms with Crippen molar-refractivity contribution in [3.05, 3.63) is 30.3 Å². The molecule has 0 aliphatic carbocycles. The number of ether oxygens (including phenoxy) is 1. The fourth-order valence-corrected chi connectivity index (χ4v) is 3.27. The van der Waals surface area contributed by atoms with Crippen molar-refractivity contribution in [1.82, 2.24) is 15.1 Å². The molecule has 3 rings (SSSR count). The lowest BCUT2D eigenvalue weighted by Gasteiger charge is -2.43. The predicted octanol–water partition coefficient (Wildman–Crippen LogP) is -0.747. The maximum atomic E-state index is 12.3. The number of carboxylic acid groups (broad SMARTS) is 1. The number of rotatable bonds is 6. The first-order chi connectivity index (χ1) is 12.4. The molecule has 2 aliphatic heterocycles. The molecule has 2 heterocycles. The van der Waals surface area contributed by atoms with E-state index in [1.165, 1.54) is 0 Å². The molecule has 9 nitrogen and oxygen atoms in total. The minimum Gasteiger partial charge on any atom is -0.484 e. The lowest BCUT2D eigenvalue weighted by atomic mass is 9.96. The Morgan fingerprint density at radius 1 is 1.27 bits per heavy atom. The molecule has 10 heteroatoms. The first kappa shape index (κ1) is 18.0. The second-order valence-electron chi connectivity index (χ2n) is 5.85. The molecule has 2 N–H and O–H groups in total. The van der Waals surface area contributed by atoms with Crippen LogP contribution in [0.4, 0.5) is 0 Å². The molecule has 0 radical (unpaired) electrons. The van der Waals surface area contributed by atoms with Crippen molar-refractivity contribution in [3.63, 3.8) is 0 Å². The van der Waals surface area contributed by atoms with E-state index < -0.39 is 41.9 Å². The van der Waals surface area contributed by atoms with Crippen LogP contribution < -0.4 is 10.1 Å². The number of halogens is 1. The highest BCUT2D eigenvalue weighted by atomic mass is 35.5. The van der Waals surface area contributed by atoms with E-state index in [1.807, 2.05) is 0 Å². The van der Waals surface area contributed by atoms with Crippen LogP contribution in [0.3, 0.4) is 0 Å². The van der Waals surface area contributed by atoms with Gasteiger partial charge in [0.05, 0.1) is 6.04 Å². The van der Waals surface area contributed by atoms with Gasteiger partial charge >= 0.3 is 5.97 Å². The summed E-state index contributed by atoms with van der Waals surface area (Å²) in [5.41, 5.74) is 0. The average molecular weight is 382 g/mol. The molecule has 26 heavy (non-hydrogen) atoms. The Morgan fingerprint density at radius 3 is 2.58 bits per heavy atom. The molecule has 0 aromatic heterocycles. The van der Waals surface area contributed by atoms with E-state index in [1.54, 1.807) is 30.3 Å². The summed E-state index contributed by atoms with van der Waals surface area (Å²) in [6.07, 6.45) is -1.40. The van der Waals surface area contributed by atoms with Gasteiger partial charge in [-0.05, 0) is 12.1 Å². The number of carboxylic acids is 1. The molecule has 2 saturated heterocycles. The number of nitrogens with zero attached hydrogens (tertiary/aromatic N) is 2. The Hall–Kier alpha value is -2.81. The van der Waals surface area contributed by atoms with Crippen molar-refractivity contribution in [2.45, 2.75) is 18.2 Å². The van der Waals surface area contributed by atoms with Crippen LogP contribution in [0.5, 0.6) is 5.75 Å². The number of carbonyl (C=O) groups excluding carboxylic acids is 3. The number of para-hydroxylation sites is 1. The molecular formula is C16H16ClN3O6. The van der Waals surface area contributed by atoms with Gasteiger partial charge < -0.3 is 25.0 Å². The quantitative estimate of drug-likeness (QED) is 0.495. The van der Waals surface area contributed by atoms with Gasteiger partial charge in [0.2, 0.25) is 18.0 Å². The molecular weight excluding hydrogens is 366 g/mol. The van der Waals surface area contributed by atoms with E-state index in [0.29, 0.717) is 5.75 Å². The van der Waals surface area contributed by atoms with Crippen LogP contribution in [0, 0.1) is 0 Å². The molecule has 0 saturated carbocycles. The van der Waals surface area contributed by atoms with Gasteiger partial charge in [-0.1, -0.05) is 18.2 Å². The highest BCUT2D eigenvalue weighted by molar-refractivity contribution is 6.27. The number of nitrogens with one attached hydrogen (secondary N) is 1. The summed E-state index contributed by atoms with van der Waals surface area (Å²) in [5, 5.41) is 11.8. The van der Waals surface area contributed by atoms with E-state index in [9.17, 15) is 24.3 Å². The van der Waals surface area contributed by atoms with Gasteiger partial charge in [-0.25, -0.2) is 4.79 Å². The topological polar surface area (TPSA) is 116 Å². The van der Waals surface area contributed by atoms with E-state index in [4.69, 9.17) is 16.3 Å². The summed E-state index contributed by atoms with van der Waals surface area (Å²) in [6.45, 7) is -0.286. The zero-order valence-corrected chi connectivity index (χ0v) is 14.3. The van der Waals surface area contributed by atoms with Crippen LogP contribution in [-0.4, -0.2) is 75.9 Å². The van der Waals surface area contributed by atoms with E-state index in [-0.39, 0.29) is 19.0 Å². The second kappa shape index (κ2) is 7.20. The van der Waals surface area contributed by atoms with Gasteiger partial charge in [-0.15, -0.1) is 11.6 Å². The van der Waals surface area contributed by atoms with Gasteiger partial charge in [0.25, 0.3) is 5.91 Å². The van der Waals surface area contributed by atoms with Crippen LogP contribution in [0.15, 0.2) is 30.3 Å². The Bertz CT molecular complexity index is 743. The Labute approximate surface area is 153 Å². The minimum absolute atomic E-state index is 0.00124. The van der Waals surface area contributed by atoms with E-state index in [2.05, 4.69) is 5.32 Å². The zero-order valence-electron chi connectivity index (χ0n) is 13.5. The first-order valence-electron chi connectivity index (χ1n) is 7.81. The fourth-order valence-electron chi connectivity index (χ4n) is 3.12. The molecule has 2 aliphatic rings. The smallest absolute Gasteiger partial charge is 0.347 e. The van der Waals surface area contributed by atoms with Crippen LogP contribution in [0.1, 0.15) is 0 Å². The molecule has 2 fully saturated rings. The van der Waals surface area contributed by atoms with Crippen molar-refractivity contribution >= 4 is 35.3 Å². The standard InChI is InChI=1S/C16H16ClN3O6/c17-6-12(22)19-7-10-13(15(23)20(10)14(19)16(24)25)18-11(21)8-26-9-4-2-1-3-5-9/h1-5,10,13-14H,6-8H2,(H,18,21)(H,24,25)/t10?,13-,14?/m1/s1. The predicted molar refractivity (Wildman–Crippen MR) is 88.4 cm³/mol. The summed E-state index contributed by atoms with van der Waals surface area (Å²) in [4.78, 5) is 49.6. The molecule has 138 valence electrons. The van der Waals surface area contributed by atoms with Crippen molar-refractivity contribution < 1.29 is 29.0 Å². The molecule has 1 aromatic carbocycles. The first-order valence-corrected chi connectivity index (χ1v) is 8.35. The number of fused-ring (bicyclic) bond motifs is 1. The number of hydrogen-bond donors (Lipinski definition) is 2. The van der Waals surface area contributed by atoms with Crippen LogP contribution in [-0.2, 0) is 19.2 Å². The molecule has 0 bridgehead atoms. The van der Waals surface area contributed by atoms with Crippen molar-refractivity contribution in [1.29, 1.82) is 0 Å². The van der Waals surface area contributed by atoms with Gasteiger partial charge in [0.1, 0.15) is 17.7 Å². The highest BCUT2D eigenvalue weighted by Gasteiger charge is 2.60. The van der Waals surface area contributed by atoms with Crippen molar-refractivity contribution in [2.24, 2.45) is 0 Å². The van der Waals surface area contributed by atoms with E-state index >= 15 is 0 Å². The maximum absolute atomic E-state index is 12.3. The van der Waals surface area contributed by atoms with Crippen LogP contribution in [0.25, 0.3) is 0 Å². The molecule has 1 aromatic rings. The van der Waals surface area contributed by atoms with Crippen LogP contribution >= 0.6 is 11.6 Å². The second-order valence-corrected chi connectivity index (χ2v) is 6.12. The Kier molecular flexibility index (Phi) is 4.99. The normalized spacial score (nSPS) is 23.9. The summed E-state index contributed by atoms with van der Waals surface area (Å²) >= 11 is 5.50. The van der Waals surface area contributed by atoms with Gasteiger partial charge in [-0.3, -0.25) is 14.4 Å². The number of carbonyl (C=O) groups is 4. The lowest BCUT2D eigenvalue weighted by molar-refractivity contribution is -0.165. The number of amides is 3. The number of aliphatic carboxylic acids is 1. The van der Waals surface area contributed by atoms with E-state index in [0.717, 1.165) is 9.80 Å². The number of β-lactam (4-membered cyclic amide) rings is 1. The summed E-state index contributed by atoms with van der Waals surface area (Å²) < 4.78 is 5.31. The number of hydrogen-bond acceptors (Lipinski definition) is 5. The van der Waals surface area contributed by atoms with Gasteiger partial charge in [0.15, 0.2) is 6.61 Å². The molecule has 3 atom stereocenters.